The van der Waals surface area contributed by atoms with Gasteiger partial charge in [-0.3, -0.25) is 9.59 Å². The first-order valence-corrected chi connectivity index (χ1v) is 11.3. The number of thiophene rings is 1. The van der Waals surface area contributed by atoms with E-state index in [0.29, 0.717) is 5.69 Å². The van der Waals surface area contributed by atoms with Gasteiger partial charge in [0.15, 0.2) is 0 Å². The van der Waals surface area contributed by atoms with Crippen LogP contribution in [0.2, 0.25) is 0 Å². The van der Waals surface area contributed by atoms with Crippen molar-refractivity contribution in [2.75, 3.05) is 0 Å². The van der Waals surface area contributed by atoms with Gasteiger partial charge in [-0.05, 0) is 47.8 Å². The van der Waals surface area contributed by atoms with Crippen molar-refractivity contribution in [3.05, 3.63) is 94.6 Å². The summed E-state index contributed by atoms with van der Waals surface area (Å²) >= 11 is 1.49. The predicted octanol–water partition coefficient (Wildman–Crippen LogP) is 4.62. The second-order valence-corrected chi connectivity index (χ2v) is 8.52. The quantitative estimate of drug-likeness (QED) is 0.401. The largest absolute Gasteiger partial charge is 0.352 e. The highest BCUT2D eigenvalue weighted by molar-refractivity contribution is 7.10. The molecule has 4 aromatic rings. The second kappa shape index (κ2) is 10.2. The fourth-order valence-electron chi connectivity index (χ4n) is 3.51. The molecule has 0 aliphatic rings. The molecule has 1 atom stereocenters. The molecule has 0 aliphatic heterocycles. The van der Waals surface area contributed by atoms with E-state index in [4.69, 9.17) is 0 Å². The molecule has 33 heavy (non-hydrogen) atoms. The van der Waals surface area contributed by atoms with Gasteiger partial charge in [0.1, 0.15) is 5.82 Å². The van der Waals surface area contributed by atoms with Crippen molar-refractivity contribution in [2.24, 2.45) is 0 Å². The minimum absolute atomic E-state index is 0.124. The molecule has 2 amide bonds. The summed E-state index contributed by atoms with van der Waals surface area (Å²) in [6, 6.07) is 19.1. The molecular weight excluding hydrogens is 439 g/mol. The molecule has 2 heterocycles. The zero-order valence-corrected chi connectivity index (χ0v) is 18.8. The van der Waals surface area contributed by atoms with Crippen molar-refractivity contribution >= 4 is 23.2 Å². The maximum atomic E-state index is 13.4. The molecule has 6 nitrogen and oxygen atoms in total. The van der Waals surface area contributed by atoms with Crippen LogP contribution in [0, 0.1) is 5.82 Å². The average molecular weight is 463 g/mol. The van der Waals surface area contributed by atoms with Gasteiger partial charge in [0, 0.05) is 35.7 Å². The maximum Gasteiger partial charge on any atom is 0.222 e. The van der Waals surface area contributed by atoms with Crippen molar-refractivity contribution in [2.45, 2.75) is 25.9 Å². The van der Waals surface area contributed by atoms with Crippen LogP contribution in [0.4, 0.5) is 4.39 Å². The van der Waals surface area contributed by atoms with Gasteiger partial charge in [-0.25, -0.2) is 9.07 Å². The molecule has 0 spiro atoms. The lowest BCUT2D eigenvalue weighted by atomic mass is 10.1. The summed E-state index contributed by atoms with van der Waals surface area (Å²) < 4.78 is 15.2. The lowest BCUT2D eigenvalue weighted by Gasteiger charge is -2.16. The number of halogens is 1. The fraction of sp³-hybridized carbons (Fsp3) is 0.160. The molecule has 2 aromatic carbocycles. The number of benzene rings is 2. The first-order chi connectivity index (χ1) is 16.0. The summed E-state index contributed by atoms with van der Waals surface area (Å²) in [4.78, 5) is 25.3. The van der Waals surface area contributed by atoms with Gasteiger partial charge in [-0.15, -0.1) is 11.3 Å². The van der Waals surface area contributed by atoms with Gasteiger partial charge < -0.3 is 10.6 Å². The van der Waals surface area contributed by atoms with E-state index in [2.05, 4.69) is 15.7 Å². The molecule has 0 saturated carbocycles. The number of rotatable bonds is 8. The third-order valence-corrected chi connectivity index (χ3v) is 6.04. The Morgan fingerprint density at radius 3 is 2.48 bits per heavy atom. The number of nitrogens with zero attached hydrogens (tertiary/aromatic N) is 2. The van der Waals surface area contributed by atoms with Crippen molar-refractivity contribution < 1.29 is 14.0 Å². The standard InChI is InChI=1S/C25H23FN4O2S/c1-17(31)28-22(23-8-5-13-33-23)14-24(32)27-15-19-16-30(21-6-3-2-4-7-21)29-25(19)18-9-11-20(26)12-10-18/h2-13,16,22H,14-15H2,1H3,(H,27,32)(H,28,31). The van der Waals surface area contributed by atoms with Crippen LogP contribution in [0.1, 0.15) is 29.8 Å². The Hall–Kier alpha value is -3.78. The molecule has 0 aliphatic carbocycles. The summed E-state index contributed by atoms with van der Waals surface area (Å²) in [5, 5.41) is 12.4. The van der Waals surface area contributed by atoms with Crippen LogP contribution in [0.25, 0.3) is 16.9 Å². The van der Waals surface area contributed by atoms with E-state index >= 15 is 0 Å². The van der Waals surface area contributed by atoms with E-state index in [1.807, 2.05) is 54.0 Å². The SMILES string of the molecule is CC(=O)NC(CC(=O)NCc1cn(-c2ccccc2)nc1-c1ccc(F)cc1)c1cccs1. The van der Waals surface area contributed by atoms with E-state index < -0.39 is 0 Å². The van der Waals surface area contributed by atoms with E-state index in [1.54, 1.807) is 16.8 Å². The van der Waals surface area contributed by atoms with Gasteiger partial charge in [-0.2, -0.15) is 5.10 Å². The number of hydrogen-bond donors (Lipinski definition) is 2. The fourth-order valence-corrected chi connectivity index (χ4v) is 4.29. The number of carbonyl (C=O) groups excluding carboxylic acids is 2. The smallest absolute Gasteiger partial charge is 0.222 e. The van der Waals surface area contributed by atoms with Crippen LogP contribution >= 0.6 is 11.3 Å². The van der Waals surface area contributed by atoms with Crippen molar-refractivity contribution in [3.63, 3.8) is 0 Å². The number of nitrogens with one attached hydrogen (secondary N) is 2. The van der Waals surface area contributed by atoms with Crippen LogP contribution in [-0.4, -0.2) is 21.6 Å². The predicted molar refractivity (Wildman–Crippen MR) is 126 cm³/mol. The molecule has 4 rings (SSSR count). The Labute approximate surface area is 195 Å². The summed E-state index contributed by atoms with van der Waals surface area (Å²) in [6.07, 6.45) is 1.98. The molecule has 168 valence electrons. The van der Waals surface area contributed by atoms with Gasteiger partial charge >= 0.3 is 0 Å². The number of amides is 2. The lowest BCUT2D eigenvalue weighted by molar-refractivity contribution is -0.122. The molecule has 2 N–H and O–H groups in total. The lowest BCUT2D eigenvalue weighted by Crippen LogP contribution is -2.32. The number of carbonyl (C=O) groups is 2. The minimum atomic E-state index is -0.383. The summed E-state index contributed by atoms with van der Waals surface area (Å²) in [7, 11) is 0. The monoisotopic (exact) mass is 462 g/mol. The summed E-state index contributed by atoms with van der Waals surface area (Å²) in [5.41, 5.74) is 3.09. The van der Waals surface area contributed by atoms with E-state index in [9.17, 15) is 14.0 Å². The van der Waals surface area contributed by atoms with Gasteiger partial charge in [0.25, 0.3) is 0 Å². The van der Waals surface area contributed by atoms with E-state index in [1.165, 1.54) is 30.4 Å². The minimum Gasteiger partial charge on any atom is -0.352 e. The topological polar surface area (TPSA) is 76.0 Å². The molecular formula is C25H23FN4O2S. The molecule has 8 heteroatoms. The van der Waals surface area contributed by atoms with Gasteiger partial charge in [-0.1, -0.05) is 24.3 Å². The van der Waals surface area contributed by atoms with Crippen molar-refractivity contribution in [1.82, 2.24) is 20.4 Å². The zero-order valence-electron chi connectivity index (χ0n) is 18.0. The summed E-state index contributed by atoms with van der Waals surface area (Å²) in [6.45, 7) is 1.68. The highest BCUT2D eigenvalue weighted by Crippen LogP contribution is 2.25. The third kappa shape index (κ3) is 5.72. The van der Waals surface area contributed by atoms with Gasteiger partial charge in [0.05, 0.1) is 23.8 Å². The van der Waals surface area contributed by atoms with Crippen LogP contribution in [0.5, 0.6) is 0 Å². The first kappa shape index (κ1) is 22.4. The number of aromatic nitrogens is 2. The molecule has 0 radical (unpaired) electrons. The first-order valence-electron chi connectivity index (χ1n) is 10.5. The number of para-hydroxylation sites is 1. The highest BCUT2D eigenvalue weighted by atomic mass is 32.1. The maximum absolute atomic E-state index is 13.4. The second-order valence-electron chi connectivity index (χ2n) is 7.54. The average Bonchev–Trinajstić information content (AvgIpc) is 3.49. The van der Waals surface area contributed by atoms with Crippen LogP contribution in [0.15, 0.2) is 78.3 Å². The summed E-state index contributed by atoms with van der Waals surface area (Å²) in [5.74, 6) is -0.711. The Bertz CT molecular complexity index is 1220. The molecule has 0 saturated heterocycles. The van der Waals surface area contributed by atoms with Gasteiger partial charge in [0.2, 0.25) is 11.8 Å². The van der Waals surface area contributed by atoms with Crippen LogP contribution in [0.3, 0.4) is 0 Å². The van der Waals surface area contributed by atoms with E-state index in [0.717, 1.165) is 21.7 Å². The Kier molecular flexibility index (Phi) is 6.95. The third-order valence-electron chi connectivity index (χ3n) is 5.06. The Morgan fingerprint density at radius 2 is 1.82 bits per heavy atom. The van der Waals surface area contributed by atoms with Crippen molar-refractivity contribution in [1.29, 1.82) is 0 Å². The Morgan fingerprint density at radius 1 is 1.06 bits per heavy atom. The molecule has 0 fully saturated rings. The van der Waals surface area contributed by atoms with Crippen LogP contribution < -0.4 is 10.6 Å². The van der Waals surface area contributed by atoms with E-state index in [-0.39, 0.29) is 36.6 Å². The Balaban J connectivity index is 1.54. The molecule has 2 aromatic heterocycles. The molecule has 1 unspecified atom stereocenters. The normalized spacial score (nSPS) is 11.7. The van der Waals surface area contributed by atoms with Crippen LogP contribution in [-0.2, 0) is 16.1 Å². The highest BCUT2D eigenvalue weighted by Gasteiger charge is 2.19. The number of hydrogen-bond acceptors (Lipinski definition) is 4. The zero-order chi connectivity index (χ0) is 23.2. The molecule has 0 bridgehead atoms. The van der Waals surface area contributed by atoms with Crippen molar-refractivity contribution in [3.8, 4) is 16.9 Å².